The summed E-state index contributed by atoms with van der Waals surface area (Å²) in [5.41, 5.74) is 3.40. The Bertz CT molecular complexity index is 785. The summed E-state index contributed by atoms with van der Waals surface area (Å²) in [4.78, 5) is 23.9. The molecule has 2 aromatic rings. The Morgan fingerprint density at radius 3 is 2.60 bits per heavy atom. The average molecular weight is 339 g/mol. The minimum atomic E-state index is -0.494. The lowest BCUT2D eigenvalue weighted by Gasteiger charge is -2.17. The molecule has 0 saturated carbocycles. The van der Waals surface area contributed by atoms with Crippen LogP contribution in [0.15, 0.2) is 42.5 Å². The fraction of sp³-hybridized carbons (Fsp3) is 0.300. The van der Waals surface area contributed by atoms with Crippen LogP contribution in [0.25, 0.3) is 0 Å². The standard InChI is InChI=1S/C20H21NO4/c1-24-20(23)17-8-4-5-9-18(17)21-19(22)13-25-16-11-10-14-6-2-3-7-15(14)12-16/h4-5,8-12H,2-3,6-7,13H2,1H3,(H,21,22). The zero-order valence-corrected chi connectivity index (χ0v) is 14.2. The topological polar surface area (TPSA) is 64.6 Å². The van der Waals surface area contributed by atoms with Crippen molar-refractivity contribution in [2.24, 2.45) is 0 Å². The molecule has 0 radical (unpaired) electrons. The number of methoxy groups -OCH3 is 1. The number of carbonyl (C=O) groups excluding carboxylic acids is 2. The lowest BCUT2D eigenvalue weighted by Crippen LogP contribution is -2.21. The van der Waals surface area contributed by atoms with Crippen LogP contribution in [0.5, 0.6) is 5.75 Å². The highest BCUT2D eigenvalue weighted by Crippen LogP contribution is 2.25. The average Bonchev–Trinajstić information content (AvgIpc) is 2.66. The number of anilines is 1. The predicted molar refractivity (Wildman–Crippen MR) is 95.0 cm³/mol. The number of para-hydroxylation sites is 1. The van der Waals surface area contributed by atoms with Crippen molar-refractivity contribution in [3.63, 3.8) is 0 Å². The first-order chi connectivity index (χ1) is 12.2. The second-order valence-corrected chi connectivity index (χ2v) is 6.01. The monoisotopic (exact) mass is 339 g/mol. The van der Waals surface area contributed by atoms with E-state index in [1.165, 1.54) is 31.1 Å². The van der Waals surface area contributed by atoms with Crippen LogP contribution in [0, 0.1) is 0 Å². The first-order valence-electron chi connectivity index (χ1n) is 8.39. The van der Waals surface area contributed by atoms with E-state index in [4.69, 9.17) is 9.47 Å². The molecular weight excluding hydrogens is 318 g/mol. The number of esters is 1. The van der Waals surface area contributed by atoms with Gasteiger partial charge in [0, 0.05) is 0 Å². The summed E-state index contributed by atoms with van der Waals surface area (Å²) in [5, 5.41) is 2.69. The fourth-order valence-electron chi connectivity index (χ4n) is 3.01. The largest absolute Gasteiger partial charge is 0.484 e. The van der Waals surface area contributed by atoms with E-state index in [0.717, 1.165) is 12.8 Å². The maximum absolute atomic E-state index is 12.1. The minimum absolute atomic E-state index is 0.117. The first-order valence-corrected chi connectivity index (χ1v) is 8.39. The Balaban J connectivity index is 1.61. The number of aryl methyl sites for hydroxylation is 2. The number of rotatable bonds is 5. The molecule has 1 aliphatic rings. The summed E-state index contributed by atoms with van der Waals surface area (Å²) in [5.74, 6) is -0.127. The van der Waals surface area contributed by atoms with Crippen molar-refractivity contribution < 1.29 is 19.1 Å². The van der Waals surface area contributed by atoms with E-state index in [1.807, 2.05) is 12.1 Å². The summed E-state index contributed by atoms with van der Waals surface area (Å²) < 4.78 is 10.3. The van der Waals surface area contributed by atoms with Gasteiger partial charge in [0.25, 0.3) is 5.91 Å². The van der Waals surface area contributed by atoms with Crippen LogP contribution in [0.4, 0.5) is 5.69 Å². The molecule has 0 atom stereocenters. The van der Waals surface area contributed by atoms with E-state index in [9.17, 15) is 9.59 Å². The molecule has 130 valence electrons. The van der Waals surface area contributed by atoms with E-state index >= 15 is 0 Å². The summed E-state index contributed by atoms with van der Waals surface area (Å²) in [6.45, 7) is -0.117. The van der Waals surface area contributed by atoms with Gasteiger partial charge in [-0.25, -0.2) is 4.79 Å². The predicted octanol–water partition coefficient (Wildman–Crippen LogP) is 3.37. The molecule has 0 fully saturated rings. The quantitative estimate of drug-likeness (QED) is 0.848. The highest BCUT2D eigenvalue weighted by Gasteiger charge is 2.14. The fourth-order valence-corrected chi connectivity index (χ4v) is 3.01. The van der Waals surface area contributed by atoms with E-state index in [1.54, 1.807) is 24.3 Å². The normalized spacial score (nSPS) is 12.8. The number of carbonyl (C=O) groups is 2. The number of benzene rings is 2. The van der Waals surface area contributed by atoms with Crippen molar-refractivity contribution in [3.05, 3.63) is 59.2 Å². The van der Waals surface area contributed by atoms with Gasteiger partial charge in [-0.2, -0.15) is 0 Å². The van der Waals surface area contributed by atoms with Gasteiger partial charge in [0.15, 0.2) is 6.61 Å². The minimum Gasteiger partial charge on any atom is -0.484 e. The van der Waals surface area contributed by atoms with Crippen molar-refractivity contribution >= 4 is 17.6 Å². The highest BCUT2D eigenvalue weighted by molar-refractivity contribution is 6.01. The van der Waals surface area contributed by atoms with E-state index in [0.29, 0.717) is 17.0 Å². The molecule has 0 aliphatic heterocycles. The number of amides is 1. The third-order valence-corrected chi connectivity index (χ3v) is 4.30. The van der Waals surface area contributed by atoms with Crippen molar-refractivity contribution in [2.45, 2.75) is 25.7 Å². The van der Waals surface area contributed by atoms with E-state index in [-0.39, 0.29) is 12.5 Å². The lowest BCUT2D eigenvalue weighted by molar-refractivity contribution is -0.118. The molecule has 1 N–H and O–H groups in total. The van der Waals surface area contributed by atoms with Gasteiger partial charge < -0.3 is 14.8 Å². The summed E-state index contributed by atoms with van der Waals surface area (Å²) in [7, 11) is 1.31. The Hall–Kier alpha value is -2.82. The molecule has 5 heteroatoms. The molecule has 1 amide bonds. The van der Waals surface area contributed by atoms with Gasteiger partial charge in [0.1, 0.15) is 5.75 Å². The number of nitrogens with one attached hydrogen (secondary N) is 1. The third-order valence-electron chi connectivity index (χ3n) is 4.30. The zero-order valence-electron chi connectivity index (χ0n) is 14.2. The Labute approximate surface area is 147 Å². The van der Waals surface area contributed by atoms with Gasteiger partial charge in [0.2, 0.25) is 0 Å². The van der Waals surface area contributed by atoms with Crippen molar-refractivity contribution in [1.29, 1.82) is 0 Å². The molecule has 0 aromatic heterocycles. The van der Waals surface area contributed by atoms with E-state index in [2.05, 4.69) is 11.4 Å². The van der Waals surface area contributed by atoms with E-state index < -0.39 is 5.97 Å². The van der Waals surface area contributed by atoms with Crippen molar-refractivity contribution in [2.75, 3.05) is 19.0 Å². The zero-order chi connectivity index (χ0) is 17.6. The van der Waals surface area contributed by atoms with Crippen LogP contribution in [-0.2, 0) is 22.4 Å². The molecule has 0 unspecified atom stereocenters. The van der Waals surface area contributed by atoms with Crippen LogP contribution >= 0.6 is 0 Å². The van der Waals surface area contributed by atoms with Gasteiger partial charge in [-0.15, -0.1) is 0 Å². The molecule has 2 aromatic carbocycles. The van der Waals surface area contributed by atoms with Gasteiger partial charge >= 0.3 is 5.97 Å². The van der Waals surface area contributed by atoms with Crippen LogP contribution in [0.1, 0.15) is 34.3 Å². The van der Waals surface area contributed by atoms with Gasteiger partial charge in [-0.05, 0) is 61.1 Å². The number of hydrogen-bond donors (Lipinski definition) is 1. The SMILES string of the molecule is COC(=O)c1ccccc1NC(=O)COc1ccc2c(c1)CCCC2. The Morgan fingerprint density at radius 1 is 1.04 bits per heavy atom. The molecule has 0 spiro atoms. The number of ether oxygens (including phenoxy) is 2. The van der Waals surface area contributed by atoms with Crippen molar-refractivity contribution in [1.82, 2.24) is 0 Å². The van der Waals surface area contributed by atoms with Crippen LogP contribution < -0.4 is 10.1 Å². The van der Waals surface area contributed by atoms with Crippen LogP contribution in [0.3, 0.4) is 0 Å². The molecule has 0 saturated heterocycles. The second-order valence-electron chi connectivity index (χ2n) is 6.01. The summed E-state index contributed by atoms with van der Waals surface area (Å²) in [6, 6.07) is 12.7. The number of fused-ring (bicyclic) bond motifs is 1. The molecule has 25 heavy (non-hydrogen) atoms. The second kappa shape index (κ2) is 7.83. The summed E-state index contributed by atoms with van der Waals surface area (Å²) >= 11 is 0. The molecule has 0 heterocycles. The smallest absolute Gasteiger partial charge is 0.339 e. The third kappa shape index (κ3) is 4.18. The number of hydrogen-bond acceptors (Lipinski definition) is 4. The van der Waals surface area contributed by atoms with Crippen LogP contribution in [-0.4, -0.2) is 25.6 Å². The first kappa shape index (κ1) is 17.0. The maximum atomic E-state index is 12.1. The Morgan fingerprint density at radius 2 is 1.80 bits per heavy atom. The summed E-state index contributed by atoms with van der Waals surface area (Å²) in [6.07, 6.45) is 4.60. The van der Waals surface area contributed by atoms with Gasteiger partial charge in [-0.3, -0.25) is 4.79 Å². The molecule has 0 bridgehead atoms. The molecule has 5 nitrogen and oxygen atoms in total. The van der Waals surface area contributed by atoms with Gasteiger partial charge in [-0.1, -0.05) is 18.2 Å². The lowest BCUT2D eigenvalue weighted by atomic mass is 9.92. The highest BCUT2D eigenvalue weighted by atomic mass is 16.5. The Kier molecular flexibility index (Phi) is 5.33. The molecule has 1 aliphatic carbocycles. The molecule has 3 rings (SSSR count). The maximum Gasteiger partial charge on any atom is 0.339 e. The molecular formula is C20H21NO4. The van der Waals surface area contributed by atoms with Crippen LogP contribution in [0.2, 0.25) is 0 Å². The van der Waals surface area contributed by atoms with Gasteiger partial charge in [0.05, 0.1) is 18.4 Å². The van der Waals surface area contributed by atoms with Crippen molar-refractivity contribution in [3.8, 4) is 5.75 Å².